The van der Waals surface area contributed by atoms with Gasteiger partial charge < -0.3 is 14.8 Å². The molecule has 29 heavy (non-hydrogen) atoms. The molecule has 0 aliphatic heterocycles. The molecule has 2 aromatic carbocycles. The van der Waals surface area contributed by atoms with Crippen molar-refractivity contribution in [3.8, 4) is 0 Å². The number of anilines is 2. The summed E-state index contributed by atoms with van der Waals surface area (Å²) in [5.41, 5.74) is 0.729. The zero-order valence-corrected chi connectivity index (χ0v) is 16.3. The van der Waals surface area contributed by atoms with Crippen LogP contribution in [-0.4, -0.2) is 26.5 Å². The average molecular weight is 412 g/mol. The summed E-state index contributed by atoms with van der Waals surface area (Å²) in [5, 5.41) is 15.1. The summed E-state index contributed by atoms with van der Waals surface area (Å²) in [7, 11) is -3.56. The van der Waals surface area contributed by atoms with Crippen molar-refractivity contribution in [2.24, 2.45) is 4.99 Å². The molecule has 0 aliphatic rings. The second-order valence-corrected chi connectivity index (χ2v) is 7.87. The first-order valence-corrected chi connectivity index (χ1v) is 10.4. The number of rotatable bonds is 7. The molecule has 1 heterocycles. The van der Waals surface area contributed by atoms with Crippen LogP contribution in [0.4, 0.5) is 11.4 Å². The fourth-order valence-corrected chi connectivity index (χ4v) is 3.15. The minimum atomic E-state index is -3.56. The Hall–Kier alpha value is -3.59. The number of hydrogen-bond donors (Lipinski definition) is 2. The molecular weight excluding hydrogens is 394 g/mol. The lowest BCUT2D eigenvalue weighted by atomic mass is 10.1. The predicted octanol–water partition coefficient (Wildman–Crippen LogP) is 2.21. The van der Waals surface area contributed by atoms with E-state index in [9.17, 15) is 18.3 Å². The number of benzene rings is 2. The number of sulfonamides is 1. The SMILES string of the molecule is CS(=O)(=O)Nc1ccccc1C(=O)Nc1ccccc1C([O-])=NCc1ccco1. The van der Waals surface area contributed by atoms with Gasteiger partial charge >= 0.3 is 0 Å². The number of para-hydroxylation sites is 2. The molecule has 8 nitrogen and oxygen atoms in total. The summed E-state index contributed by atoms with van der Waals surface area (Å²) in [6, 6.07) is 16.0. The largest absolute Gasteiger partial charge is 0.858 e. The van der Waals surface area contributed by atoms with Crippen molar-refractivity contribution in [3.63, 3.8) is 0 Å². The van der Waals surface area contributed by atoms with Crippen LogP contribution in [0.5, 0.6) is 0 Å². The van der Waals surface area contributed by atoms with E-state index >= 15 is 0 Å². The smallest absolute Gasteiger partial charge is 0.257 e. The van der Waals surface area contributed by atoms with Gasteiger partial charge in [0.25, 0.3) is 5.91 Å². The van der Waals surface area contributed by atoms with Crippen LogP contribution < -0.4 is 15.1 Å². The molecule has 9 heteroatoms. The van der Waals surface area contributed by atoms with Crippen molar-refractivity contribution in [1.29, 1.82) is 0 Å². The molecule has 1 aromatic heterocycles. The number of furan rings is 1. The van der Waals surface area contributed by atoms with Gasteiger partial charge in [0.15, 0.2) is 0 Å². The first-order chi connectivity index (χ1) is 13.8. The predicted molar refractivity (Wildman–Crippen MR) is 108 cm³/mol. The van der Waals surface area contributed by atoms with Crippen LogP contribution in [0.15, 0.2) is 76.3 Å². The summed E-state index contributed by atoms with van der Waals surface area (Å²) >= 11 is 0. The molecule has 0 unspecified atom stereocenters. The maximum atomic E-state index is 12.7. The van der Waals surface area contributed by atoms with E-state index in [0.29, 0.717) is 5.76 Å². The van der Waals surface area contributed by atoms with Gasteiger partial charge in [-0.25, -0.2) is 8.42 Å². The van der Waals surface area contributed by atoms with Crippen LogP contribution in [0.2, 0.25) is 0 Å². The second-order valence-electron chi connectivity index (χ2n) is 6.12. The standard InChI is InChI=1S/C20H19N3O5S/c1-29(26,27)23-18-11-5-3-9-16(18)20(25)22-17-10-4-2-8-15(17)19(24)21-13-14-7-6-12-28-14/h2-12,23H,13H2,1H3,(H,21,24)(H,22,25)/p-1. The fraction of sp³-hybridized carbons (Fsp3) is 0.100. The van der Waals surface area contributed by atoms with Crippen LogP contribution in [0, 0.1) is 0 Å². The lowest BCUT2D eigenvalue weighted by Gasteiger charge is -2.17. The van der Waals surface area contributed by atoms with Gasteiger partial charge in [-0.2, -0.15) is 0 Å². The highest BCUT2D eigenvalue weighted by Crippen LogP contribution is 2.21. The molecule has 0 fully saturated rings. The highest BCUT2D eigenvalue weighted by molar-refractivity contribution is 7.92. The number of aliphatic imine (C=N–C) groups is 1. The number of carbonyl (C=O) groups excluding carboxylic acids is 1. The van der Waals surface area contributed by atoms with Gasteiger partial charge in [0.05, 0.1) is 30.3 Å². The molecule has 0 saturated heterocycles. The molecule has 0 saturated carbocycles. The van der Waals surface area contributed by atoms with Crippen molar-refractivity contribution in [2.75, 3.05) is 16.3 Å². The molecular formula is C20H18N3O5S-. The van der Waals surface area contributed by atoms with E-state index in [1.54, 1.807) is 48.5 Å². The second kappa shape index (κ2) is 8.61. The maximum Gasteiger partial charge on any atom is 0.257 e. The van der Waals surface area contributed by atoms with E-state index < -0.39 is 21.8 Å². The average Bonchev–Trinajstić information content (AvgIpc) is 3.19. The number of nitrogens with zero attached hydrogens (tertiary/aromatic N) is 1. The molecule has 150 valence electrons. The Balaban J connectivity index is 1.85. The minimum absolute atomic E-state index is 0.0786. The van der Waals surface area contributed by atoms with E-state index in [4.69, 9.17) is 4.42 Å². The molecule has 1 amide bonds. The van der Waals surface area contributed by atoms with Gasteiger partial charge in [-0.05, 0) is 36.2 Å². The normalized spacial score (nSPS) is 11.8. The lowest BCUT2D eigenvalue weighted by molar-refractivity contribution is -0.213. The molecule has 2 N–H and O–H groups in total. The maximum absolute atomic E-state index is 12.7. The van der Waals surface area contributed by atoms with Gasteiger partial charge in [-0.1, -0.05) is 30.3 Å². The van der Waals surface area contributed by atoms with E-state index in [0.717, 1.165) is 6.26 Å². The summed E-state index contributed by atoms with van der Waals surface area (Å²) in [4.78, 5) is 16.7. The van der Waals surface area contributed by atoms with E-state index in [1.807, 2.05) is 0 Å². The van der Waals surface area contributed by atoms with Gasteiger partial charge in [0.2, 0.25) is 10.0 Å². The minimum Gasteiger partial charge on any atom is -0.858 e. The first kappa shape index (κ1) is 20.2. The third-order valence-corrected chi connectivity index (χ3v) is 4.42. The molecule has 0 atom stereocenters. The van der Waals surface area contributed by atoms with Gasteiger partial charge in [-0.15, -0.1) is 0 Å². The van der Waals surface area contributed by atoms with E-state index in [-0.39, 0.29) is 29.0 Å². The Morgan fingerprint density at radius 2 is 1.66 bits per heavy atom. The molecule has 3 aromatic rings. The van der Waals surface area contributed by atoms with Gasteiger partial charge in [-0.3, -0.25) is 14.5 Å². The van der Waals surface area contributed by atoms with Crippen molar-refractivity contribution in [2.45, 2.75) is 6.54 Å². The highest BCUT2D eigenvalue weighted by atomic mass is 32.2. The Bertz CT molecular complexity index is 1140. The van der Waals surface area contributed by atoms with E-state index in [2.05, 4.69) is 15.0 Å². The van der Waals surface area contributed by atoms with Gasteiger partial charge in [0, 0.05) is 11.3 Å². The third-order valence-electron chi connectivity index (χ3n) is 3.83. The topological polar surface area (TPSA) is 124 Å². The summed E-state index contributed by atoms with van der Waals surface area (Å²) in [6.07, 6.45) is 2.49. The number of amides is 1. The summed E-state index contributed by atoms with van der Waals surface area (Å²) in [6.45, 7) is 0.0786. The number of carbonyl (C=O) groups is 1. The van der Waals surface area contributed by atoms with Crippen LogP contribution in [0.1, 0.15) is 21.7 Å². The Kier molecular flexibility index (Phi) is 5.99. The van der Waals surface area contributed by atoms with E-state index in [1.165, 1.54) is 18.4 Å². The number of hydrogen-bond acceptors (Lipinski definition) is 6. The monoisotopic (exact) mass is 412 g/mol. The van der Waals surface area contributed by atoms with Crippen molar-refractivity contribution < 1.29 is 22.7 Å². The van der Waals surface area contributed by atoms with Crippen LogP contribution in [-0.2, 0) is 16.6 Å². The zero-order chi connectivity index (χ0) is 20.9. The van der Waals surface area contributed by atoms with Crippen molar-refractivity contribution >= 4 is 33.2 Å². The van der Waals surface area contributed by atoms with Crippen molar-refractivity contribution in [3.05, 3.63) is 83.8 Å². The zero-order valence-electron chi connectivity index (χ0n) is 15.5. The van der Waals surface area contributed by atoms with Gasteiger partial charge in [0.1, 0.15) is 5.76 Å². The molecule has 0 bridgehead atoms. The Morgan fingerprint density at radius 1 is 1.00 bits per heavy atom. The van der Waals surface area contributed by atoms with Crippen LogP contribution in [0.25, 0.3) is 0 Å². The molecule has 0 spiro atoms. The Labute approximate surface area is 168 Å². The highest BCUT2D eigenvalue weighted by Gasteiger charge is 2.15. The molecule has 0 aliphatic carbocycles. The van der Waals surface area contributed by atoms with Crippen LogP contribution in [0.3, 0.4) is 0 Å². The molecule has 0 radical (unpaired) electrons. The summed E-state index contributed by atoms with van der Waals surface area (Å²) < 4.78 is 30.5. The quantitative estimate of drug-likeness (QED) is 0.455. The van der Waals surface area contributed by atoms with Crippen LogP contribution >= 0.6 is 0 Å². The summed E-state index contributed by atoms with van der Waals surface area (Å²) in [5.74, 6) is -0.538. The lowest BCUT2D eigenvalue weighted by Crippen LogP contribution is -2.23. The first-order valence-electron chi connectivity index (χ1n) is 8.55. The molecule has 3 rings (SSSR count). The Morgan fingerprint density at radius 3 is 2.31 bits per heavy atom. The van der Waals surface area contributed by atoms with Crippen molar-refractivity contribution in [1.82, 2.24) is 0 Å². The fourth-order valence-electron chi connectivity index (χ4n) is 2.58. The number of nitrogens with one attached hydrogen (secondary N) is 2. The third kappa shape index (κ3) is 5.45.